The molecule has 0 aromatic rings. The lowest BCUT2D eigenvalue weighted by Crippen LogP contribution is -2.21. The minimum atomic E-state index is -0.486. The molecule has 1 rings (SSSR count). The summed E-state index contributed by atoms with van der Waals surface area (Å²) in [7, 11) is 0. The van der Waals surface area contributed by atoms with Crippen molar-refractivity contribution >= 4 is 11.9 Å². The van der Waals surface area contributed by atoms with E-state index in [1.54, 1.807) is 5.75 Å². The van der Waals surface area contributed by atoms with E-state index in [4.69, 9.17) is 0 Å². The second kappa shape index (κ2) is 2.32. The van der Waals surface area contributed by atoms with Crippen molar-refractivity contribution in [2.45, 2.75) is 6.04 Å². The van der Waals surface area contributed by atoms with Gasteiger partial charge in [0.1, 0.15) is 5.75 Å². The van der Waals surface area contributed by atoms with Gasteiger partial charge < -0.3 is 0 Å². The van der Waals surface area contributed by atoms with Crippen LogP contribution in [0.25, 0.3) is 0 Å². The molecule has 1 heterocycles. The molecule has 0 saturated carbocycles. The summed E-state index contributed by atoms with van der Waals surface area (Å²) in [6.07, 6.45) is 0. The van der Waals surface area contributed by atoms with E-state index in [1.807, 2.05) is 0 Å². The van der Waals surface area contributed by atoms with Gasteiger partial charge in [0.05, 0.1) is 6.54 Å². The molecule has 1 saturated heterocycles. The maximum Gasteiger partial charge on any atom is 0.240 e. The van der Waals surface area contributed by atoms with Crippen molar-refractivity contribution in [2.75, 3.05) is 6.54 Å². The number of rotatable bonds is 1. The quantitative estimate of drug-likeness (QED) is 0.312. The predicted molar refractivity (Wildman–Crippen MR) is 30.7 cm³/mol. The Morgan fingerprint density at radius 1 is 2.00 bits per heavy atom. The van der Waals surface area contributed by atoms with Crippen LogP contribution in [0, 0.1) is 15.9 Å². The molecular weight excluding hydrogens is 128 g/mol. The van der Waals surface area contributed by atoms with Gasteiger partial charge in [0.25, 0.3) is 0 Å². The molecule has 4 nitrogen and oxygen atoms in total. The molecule has 8 heavy (non-hydrogen) atoms. The molecule has 0 bridgehead atoms. The first-order valence-corrected chi connectivity index (χ1v) is 3.04. The molecule has 1 atom stereocenters. The first-order valence-electron chi connectivity index (χ1n) is 2.16. The zero-order valence-electron chi connectivity index (χ0n) is 4.03. The van der Waals surface area contributed by atoms with E-state index in [0.29, 0.717) is 6.54 Å². The fraction of sp³-hybridized carbons (Fsp3) is 0.667. The first kappa shape index (κ1) is 5.84. The van der Waals surface area contributed by atoms with Crippen LogP contribution in [0.15, 0.2) is 0 Å². The number of hydrogen-bond donors (Lipinski definition) is 1. The van der Waals surface area contributed by atoms with Crippen LogP contribution in [0.3, 0.4) is 0 Å². The summed E-state index contributed by atoms with van der Waals surface area (Å²) in [4.78, 5) is 9.62. The molecule has 45 valence electrons. The van der Waals surface area contributed by atoms with E-state index < -0.39 is 6.04 Å². The van der Waals surface area contributed by atoms with Crippen LogP contribution in [0.4, 0.5) is 0 Å². The van der Waals surface area contributed by atoms with Crippen molar-refractivity contribution in [3.05, 3.63) is 15.9 Å². The lowest BCUT2D eigenvalue weighted by atomic mass is 10.4. The highest BCUT2D eigenvalue weighted by Crippen LogP contribution is 2.13. The summed E-state index contributed by atoms with van der Waals surface area (Å²) in [6.45, 7) is 0.456. The van der Waals surface area contributed by atoms with Gasteiger partial charge in [-0.15, -0.1) is 0 Å². The molecule has 0 amide bonds. The third-order valence-corrected chi connectivity index (χ3v) is 1.66. The van der Waals surface area contributed by atoms with Crippen molar-refractivity contribution in [3.8, 4) is 0 Å². The number of hydrogen-bond acceptors (Lipinski definition) is 4. The maximum atomic E-state index is 9.92. The number of nitrogens with one attached hydrogen (secondary N) is 1. The lowest BCUT2D eigenvalue weighted by molar-refractivity contribution is -0.507. The molecule has 1 fully saturated rings. The van der Waals surface area contributed by atoms with Crippen LogP contribution in [0.1, 0.15) is 0 Å². The molecule has 5 heteroatoms. The summed E-state index contributed by atoms with van der Waals surface area (Å²) in [5, 5.41) is 9.92. The molecule has 1 aliphatic rings. The average molecular weight is 133 g/mol. The smallest absolute Gasteiger partial charge is 0.240 e. The molecule has 1 radical (unpaired) electrons. The van der Waals surface area contributed by atoms with E-state index in [0.717, 1.165) is 0 Å². The normalized spacial score (nSPS) is 28.2. The summed E-state index contributed by atoms with van der Waals surface area (Å²) in [5.74, 6) is 1.58. The van der Waals surface area contributed by atoms with Gasteiger partial charge in [0.15, 0.2) is 0 Å². The Labute approximate surface area is 50.9 Å². The minimum Gasteiger partial charge on any atom is -0.264 e. The van der Waals surface area contributed by atoms with Crippen molar-refractivity contribution in [2.24, 2.45) is 0 Å². The third-order valence-electron chi connectivity index (χ3n) is 0.872. The highest BCUT2D eigenvalue weighted by atomic mass is 32.2. The molecule has 0 spiro atoms. The Bertz CT molecular complexity index is 101. The van der Waals surface area contributed by atoms with E-state index in [9.17, 15) is 10.1 Å². The van der Waals surface area contributed by atoms with Gasteiger partial charge in [-0.2, -0.15) is 0 Å². The Morgan fingerprint density at radius 3 is 3.00 bits per heavy atom. The average Bonchev–Trinajstić information content (AvgIpc) is 2.12. The van der Waals surface area contributed by atoms with Gasteiger partial charge in [-0.3, -0.25) is 14.8 Å². The highest BCUT2D eigenvalue weighted by molar-refractivity contribution is 7.99. The van der Waals surface area contributed by atoms with E-state index in [1.165, 1.54) is 11.9 Å². The van der Waals surface area contributed by atoms with Crippen LogP contribution >= 0.6 is 11.9 Å². The molecule has 1 N–H and O–H groups in total. The minimum absolute atomic E-state index is 0.299. The monoisotopic (exact) mass is 133 g/mol. The van der Waals surface area contributed by atoms with Crippen LogP contribution in [0.2, 0.25) is 0 Å². The van der Waals surface area contributed by atoms with Crippen molar-refractivity contribution in [3.63, 3.8) is 0 Å². The second-order valence-electron chi connectivity index (χ2n) is 1.46. The Kier molecular flexibility index (Phi) is 1.69. The largest absolute Gasteiger partial charge is 0.264 e. The highest BCUT2D eigenvalue weighted by Gasteiger charge is 2.25. The predicted octanol–water partition coefficient (Wildman–Crippen LogP) is 0.0449. The van der Waals surface area contributed by atoms with Crippen LogP contribution in [-0.4, -0.2) is 17.5 Å². The fourth-order valence-corrected chi connectivity index (χ4v) is 1.15. The van der Waals surface area contributed by atoms with Crippen LogP contribution in [0.5, 0.6) is 0 Å². The zero-order valence-corrected chi connectivity index (χ0v) is 4.85. The first-order chi connectivity index (χ1) is 3.80. The molecule has 0 aromatic heterocycles. The van der Waals surface area contributed by atoms with Crippen molar-refractivity contribution in [1.82, 2.24) is 4.72 Å². The molecular formula is C3H5N2O2S. The van der Waals surface area contributed by atoms with Crippen molar-refractivity contribution in [1.29, 1.82) is 0 Å². The van der Waals surface area contributed by atoms with Gasteiger partial charge in [-0.1, -0.05) is 11.9 Å². The standard InChI is InChI=1S/C3H5N2O2S/c6-5(7)3-1-4-8-2-3/h2-4H,1H2. The summed E-state index contributed by atoms with van der Waals surface area (Å²) in [6, 6.07) is -0.486. The van der Waals surface area contributed by atoms with Crippen LogP contribution < -0.4 is 4.72 Å². The molecule has 1 unspecified atom stereocenters. The van der Waals surface area contributed by atoms with E-state index >= 15 is 0 Å². The number of nitro groups is 1. The zero-order chi connectivity index (χ0) is 5.98. The van der Waals surface area contributed by atoms with Crippen molar-refractivity contribution < 1.29 is 4.92 Å². The summed E-state index contributed by atoms with van der Waals surface area (Å²) >= 11 is 1.29. The van der Waals surface area contributed by atoms with E-state index in [2.05, 4.69) is 4.72 Å². The van der Waals surface area contributed by atoms with Gasteiger partial charge in [0, 0.05) is 4.92 Å². The topological polar surface area (TPSA) is 55.2 Å². The molecule has 0 aliphatic carbocycles. The van der Waals surface area contributed by atoms with Gasteiger partial charge in [-0.05, 0) is 0 Å². The fourth-order valence-electron chi connectivity index (χ4n) is 0.432. The van der Waals surface area contributed by atoms with Gasteiger partial charge >= 0.3 is 0 Å². The Balaban J connectivity index is 2.35. The Morgan fingerprint density at radius 2 is 2.75 bits per heavy atom. The Hall–Kier alpha value is -0.290. The lowest BCUT2D eigenvalue weighted by Gasteiger charge is -1.93. The summed E-state index contributed by atoms with van der Waals surface area (Å²) in [5.41, 5.74) is 0. The molecule has 0 aromatic carbocycles. The molecule has 1 aliphatic heterocycles. The number of nitrogens with zero attached hydrogens (tertiary/aromatic N) is 1. The maximum absolute atomic E-state index is 9.92. The summed E-state index contributed by atoms with van der Waals surface area (Å²) < 4.78 is 2.77. The van der Waals surface area contributed by atoms with Crippen LogP contribution in [-0.2, 0) is 0 Å². The van der Waals surface area contributed by atoms with Gasteiger partial charge in [0.2, 0.25) is 6.04 Å². The van der Waals surface area contributed by atoms with Gasteiger partial charge in [-0.25, -0.2) is 0 Å². The second-order valence-corrected chi connectivity index (χ2v) is 2.25. The third kappa shape index (κ3) is 1.10. The SMILES string of the molecule is O=[N+]([O-])C1[CH]SNC1. The van der Waals surface area contributed by atoms with E-state index in [-0.39, 0.29) is 4.92 Å².